The summed E-state index contributed by atoms with van der Waals surface area (Å²) in [6.45, 7) is 8.85. The first-order valence-electron chi connectivity index (χ1n) is 37.2. The average Bonchev–Trinajstić information content (AvgIpc) is 1.64. The van der Waals surface area contributed by atoms with Gasteiger partial charge in [-0.2, -0.15) is 37.0 Å². The van der Waals surface area contributed by atoms with Crippen LogP contribution in [0.25, 0.3) is 10.9 Å². The number of carbonyl (C=O) groups is 17. The molecule has 46 heteroatoms. The van der Waals surface area contributed by atoms with Crippen LogP contribution >= 0.6 is 37.0 Å². The molecule has 2 aromatic heterocycles. The van der Waals surface area contributed by atoms with Gasteiger partial charge in [0.2, 0.25) is 82.7 Å². The van der Waals surface area contributed by atoms with E-state index in [0.29, 0.717) is 22.9 Å². The topological polar surface area (TPSA) is 691 Å². The van der Waals surface area contributed by atoms with E-state index in [4.69, 9.17) is 5.73 Å². The Morgan fingerprint density at radius 3 is 1.24 bits per heavy atom. The Bertz CT molecular complexity index is 3890. The number of thioether (sulfide) groups is 1. The number of carboxylic acids is 3. The second kappa shape index (κ2) is 50.4. The molecule has 2 heterocycles. The van der Waals surface area contributed by atoms with Gasteiger partial charge in [-0.25, -0.2) is 9.78 Å². The average molecular weight is 1710 g/mol. The lowest BCUT2D eigenvalue weighted by atomic mass is 9.99. The zero-order valence-electron chi connectivity index (χ0n) is 65.8. The molecule has 0 spiro atoms. The number of fused-ring (bicyclic) bond motifs is 1. The molecular weight excluding hydrogens is 1600 g/mol. The Kier molecular flexibility index (Phi) is 43.5. The Balaban J connectivity index is 1.93. The van der Waals surface area contributed by atoms with Gasteiger partial charge in [0.15, 0.2) is 0 Å². The Morgan fingerprint density at radius 2 is 0.821 bits per heavy atom. The Labute approximate surface area is 687 Å². The van der Waals surface area contributed by atoms with Gasteiger partial charge in [-0.3, -0.25) is 76.7 Å². The molecule has 0 bridgehead atoms. The lowest BCUT2D eigenvalue weighted by Crippen LogP contribution is -2.63. The van der Waals surface area contributed by atoms with Crippen molar-refractivity contribution in [2.45, 2.75) is 210 Å². The minimum Gasteiger partial charge on any atom is -0.481 e. The molecular formula is C71H110N18O25S3. The smallest absolute Gasteiger partial charge is 0.326 e. The van der Waals surface area contributed by atoms with Crippen molar-refractivity contribution in [1.29, 1.82) is 0 Å². The predicted molar refractivity (Wildman–Crippen MR) is 425 cm³/mol. The summed E-state index contributed by atoms with van der Waals surface area (Å²) in [5.74, 6) is -23.0. The number of thiol groups is 2. The van der Waals surface area contributed by atoms with Crippen molar-refractivity contribution < 1.29 is 122 Å². The largest absolute Gasteiger partial charge is 0.481 e. The van der Waals surface area contributed by atoms with Gasteiger partial charge < -0.3 is 131 Å². The maximum absolute atomic E-state index is 14.7. The van der Waals surface area contributed by atoms with Crippen molar-refractivity contribution in [3.8, 4) is 0 Å². The van der Waals surface area contributed by atoms with Crippen LogP contribution in [0.1, 0.15) is 105 Å². The number of carboxylic acid groups (broad SMARTS) is 3. The summed E-state index contributed by atoms with van der Waals surface area (Å²) in [5, 5.41) is 114. The van der Waals surface area contributed by atoms with Gasteiger partial charge in [-0.15, -0.1) is 0 Å². The summed E-state index contributed by atoms with van der Waals surface area (Å²) in [6, 6.07) is -19.2. The van der Waals surface area contributed by atoms with E-state index in [1.54, 1.807) is 72.1 Å². The third-order valence-corrected chi connectivity index (χ3v) is 19.4. The number of nitrogens with one attached hydrogen (secondary N) is 16. The van der Waals surface area contributed by atoms with E-state index < -0.39 is 266 Å². The molecule has 26 N–H and O–H groups in total. The Morgan fingerprint density at radius 1 is 0.453 bits per heavy atom. The minimum absolute atomic E-state index is 0.160. The number of aliphatic carboxylic acids is 3. The number of H-pyrrole nitrogens is 2. The van der Waals surface area contributed by atoms with Crippen LogP contribution in [0.4, 0.5) is 0 Å². The number of imidazole rings is 1. The van der Waals surface area contributed by atoms with E-state index in [1.807, 2.05) is 5.32 Å². The Hall–Kier alpha value is -10.2. The number of aromatic nitrogens is 3. The van der Waals surface area contributed by atoms with Crippen LogP contribution in [0.15, 0.2) is 43.0 Å². The number of carbonyl (C=O) groups excluding carboxylic acids is 14. The van der Waals surface area contributed by atoms with Gasteiger partial charge in [0, 0.05) is 53.3 Å². The first-order valence-corrected chi connectivity index (χ1v) is 39.8. The lowest BCUT2D eigenvalue weighted by Gasteiger charge is -2.29. The molecule has 0 fully saturated rings. The molecule has 43 nitrogen and oxygen atoms in total. The predicted octanol–water partition coefficient (Wildman–Crippen LogP) is -7.69. The number of aliphatic hydroxyl groups excluding tert-OH is 5. The van der Waals surface area contributed by atoms with Crippen molar-refractivity contribution in [1.82, 2.24) is 89.4 Å². The summed E-state index contributed by atoms with van der Waals surface area (Å²) in [4.78, 5) is 241. The number of nitrogens with two attached hydrogens (primary N) is 1. The molecule has 1 aromatic carbocycles. The number of rotatable bonds is 53. The van der Waals surface area contributed by atoms with Crippen LogP contribution in [-0.4, -0.2) is 303 Å². The highest BCUT2D eigenvalue weighted by Gasteiger charge is 2.41. The number of nitrogens with zero attached hydrogens (tertiary/aromatic N) is 1. The normalized spacial score (nSPS) is 16.0. The number of amides is 14. The molecule has 0 aliphatic heterocycles. The molecule has 652 valence electrons. The van der Waals surface area contributed by atoms with Gasteiger partial charge in [0.1, 0.15) is 90.6 Å². The van der Waals surface area contributed by atoms with Crippen LogP contribution in [0.2, 0.25) is 0 Å². The van der Waals surface area contributed by atoms with E-state index in [1.165, 1.54) is 30.5 Å². The molecule has 117 heavy (non-hydrogen) atoms. The van der Waals surface area contributed by atoms with Gasteiger partial charge in [-0.1, -0.05) is 66.2 Å². The van der Waals surface area contributed by atoms with Crippen LogP contribution in [0.3, 0.4) is 0 Å². The van der Waals surface area contributed by atoms with Gasteiger partial charge in [0.05, 0.1) is 51.2 Å². The first-order chi connectivity index (χ1) is 55.1. The molecule has 3 aromatic rings. The zero-order chi connectivity index (χ0) is 88.2. The summed E-state index contributed by atoms with van der Waals surface area (Å²) in [6.07, 6.45) is -1.11. The van der Waals surface area contributed by atoms with Crippen molar-refractivity contribution >= 4 is 149 Å². The van der Waals surface area contributed by atoms with E-state index in [0.717, 1.165) is 13.8 Å². The molecule has 0 saturated heterocycles. The number of aromatic amines is 2. The van der Waals surface area contributed by atoms with E-state index in [-0.39, 0.29) is 42.9 Å². The number of hydrogen-bond donors (Lipinski definition) is 27. The fourth-order valence-electron chi connectivity index (χ4n) is 11.3. The third-order valence-electron chi connectivity index (χ3n) is 18.0. The molecule has 0 unspecified atom stereocenters. The highest BCUT2D eigenvalue weighted by Crippen LogP contribution is 2.21. The number of para-hydroxylation sites is 1. The number of hydrogen-bond acceptors (Lipinski definition) is 27. The second-order valence-corrected chi connectivity index (χ2v) is 30.2. The van der Waals surface area contributed by atoms with Crippen molar-refractivity contribution in [2.24, 2.45) is 23.5 Å². The van der Waals surface area contributed by atoms with Crippen LogP contribution in [0.5, 0.6) is 0 Å². The molecule has 0 radical (unpaired) electrons. The van der Waals surface area contributed by atoms with Crippen LogP contribution in [-0.2, 0) is 94.3 Å². The van der Waals surface area contributed by atoms with Crippen molar-refractivity contribution in [3.05, 3.63) is 54.2 Å². The summed E-state index contributed by atoms with van der Waals surface area (Å²) in [7, 11) is 0. The standard InChI is InChI=1S/C71H110N18O25S3/c1-10-33(6)54(71(113)114)87-68(110)51(29-116)86-70(112)56(35(8)94)88-58(100)41(15-16-117-9)76-69(111)55(34(7)93)89-64(106)43(18-32(4)5)77-62(104)46(21-52(95)96)82-66(108)49(27-92)84-60(102)44(19-36-23-74-40-14-12-11-13-38(36)40)79-59(101)42(17-31(2)3)78-67(109)50(28-115)85-61(103)45(20-37-24-73-30-75-37)80-63(105)47(22-53(97)98)81-65(107)48(26-91)83-57(99)39(72)25-90/h11-14,23-24,30-35,39,41-51,54-56,74,90-94,115-116H,10,15-22,25-29,72H2,1-9H3,(H,73,75)(H,76,111)(H,77,104)(H,78,109)(H,79,101)(H,80,105)(H,81,107)(H,82,108)(H,83,99)(H,84,102)(H,85,103)(H,86,112)(H,87,110)(H,88,100)(H,89,106)(H,95,96)(H,97,98)(H,113,114)/t33-,34+,35+,39-,41-,42-,43-,44-,45-,46-,47-,48-,49-,50-,51-,54-,55-,56-/m0/s1. The van der Waals surface area contributed by atoms with Crippen molar-refractivity contribution in [2.75, 3.05) is 43.3 Å². The molecule has 0 aliphatic carbocycles. The maximum atomic E-state index is 14.7. The van der Waals surface area contributed by atoms with Crippen LogP contribution < -0.4 is 80.2 Å². The highest BCUT2D eigenvalue weighted by atomic mass is 32.2. The van der Waals surface area contributed by atoms with Gasteiger partial charge >= 0.3 is 17.9 Å². The molecule has 18 atom stereocenters. The molecule has 3 rings (SSSR count). The monoisotopic (exact) mass is 1710 g/mol. The molecule has 0 aliphatic rings. The molecule has 14 amide bonds. The maximum Gasteiger partial charge on any atom is 0.326 e. The SMILES string of the molecule is CC[C@H](C)[C@H](NC(=O)[C@H](CS)NC(=O)[C@@H](NC(=O)[C@H](CCSC)NC(=O)[C@@H](NC(=O)[C@H](CC(C)C)NC(=O)[C@H](CC(=O)O)NC(=O)[C@H](CO)NC(=O)[C@H](Cc1c[nH]c2ccccc12)NC(=O)[C@H](CC(C)C)NC(=O)[C@H](CS)NC(=O)[C@H](Cc1cnc[nH]1)NC(=O)[C@H](CC(=O)O)NC(=O)[C@H](CO)NC(=O)[C@@H](N)CO)[C@@H](C)O)[C@@H](C)O)C(=O)O. The van der Waals surface area contributed by atoms with E-state index >= 15 is 0 Å². The third kappa shape index (κ3) is 33.4. The summed E-state index contributed by atoms with van der Waals surface area (Å²) in [5.41, 5.74) is 6.67. The van der Waals surface area contributed by atoms with Crippen LogP contribution in [0, 0.1) is 17.8 Å². The fraction of sp³-hybridized carbons (Fsp3) is 0.606. The quantitative estimate of drug-likeness (QED) is 0.0233. The second-order valence-electron chi connectivity index (χ2n) is 28.4. The summed E-state index contributed by atoms with van der Waals surface area (Å²) >= 11 is 9.60. The van der Waals surface area contributed by atoms with Gasteiger partial charge in [-0.05, 0) is 74.5 Å². The van der Waals surface area contributed by atoms with Gasteiger partial charge in [0.25, 0.3) is 0 Å². The molecule has 0 saturated carbocycles. The highest BCUT2D eigenvalue weighted by molar-refractivity contribution is 7.98. The fourth-order valence-corrected chi connectivity index (χ4v) is 12.3. The summed E-state index contributed by atoms with van der Waals surface area (Å²) < 4.78 is 0. The first kappa shape index (κ1) is 101. The van der Waals surface area contributed by atoms with E-state index in [9.17, 15) is 122 Å². The minimum atomic E-state index is -2.11. The van der Waals surface area contributed by atoms with E-state index in [2.05, 4.69) is 109 Å². The lowest BCUT2D eigenvalue weighted by molar-refractivity contribution is -0.144. The number of benzene rings is 1. The van der Waals surface area contributed by atoms with Crippen molar-refractivity contribution in [3.63, 3.8) is 0 Å². The zero-order valence-corrected chi connectivity index (χ0v) is 68.4. The number of aliphatic hydroxyl groups is 5.